The summed E-state index contributed by atoms with van der Waals surface area (Å²) in [7, 11) is 0. The first-order valence-corrected chi connectivity index (χ1v) is 17.7. The van der Waals surface area contributed by atoms with Crippen LogP contribution in [0.4, 0.5) is 0 Å². The molecule has 242 valence electrons. The van der Waals surface area contributed by atoms with Gasteiger partial charge in [0.1, 0.15) is 5.65 Å². The van der Waals surface area contributed by atoms with Gasteiger partial charge in [0.05, 0.1) is 27.6 Å². The summed E-state index contributed by atoms with van der Waals surface area (Å²) in [4.78, 5) is 10.5. The molecule has 4 heteroatoms. The van der Waals surface area contributed by atoms with E-state index in [2.05, 4.69) is 185 Å². The van der Waals surface area contributed by atoms with E-state index in [1.165, 1.54) is 54.9 Å². The molecule has 0 saturated heterocycles. The minimum absolute atomic E-state index is 0.827. The zero-order chi connectivity index (χ0) is 34.2. The zero-order valence-corrected chi connectivity index (χ0v) is 28.1. The zero-order valence-electron chi connectivity index (χ0n) is 28.1. The van der Waals surface area contributed by atoms with Crippen molar-refractivity contribution in [1.29, 1.82) is 0 Å². The number of para-hydroxylation sites is 3. The van der Waals surface area contributed by atoms with Gasteiger partial charge in [-0.25, -0.2) is 9.97 Å². The minimum atomic E-state index is 0.827. The summed E-state index contributed by atoms with van der Waals surface area (Å²) in [5.41, 5.74) is 13.2. The third kappa shape index (κ3) is 4.34. The molecule has 11 rings (SSSR count). The second-order valence-electron chi connectivity index (χ2n) is 13.5. The Labute approximate surface area is 299 Å². The smallest absolute Gasteiger partial charge is 0.221 e. The predicted molar refractivity (Wildman–Crippen MR) is 216 cm³/mol. The van der Waals surface area contributed by atoms with Crippen molar-refractivity contribution in [3.63, 3.8) is 0 Å². The van der Waals surface area contributed by atoms with Gasteiger partial charge in [-0.15, -0.1) is 0 Å². The van der Waals surface area contributed by atoms with Crippen LogP contribution in [0.2, 0.25) is 0 Å². The normalized spacial score (nSPS) is 11.8. The lowest BCUT2D eigenvalue weighted by Gasteiger charge is -2.13. The van der Waals surface area contributed by atoms with Gasteiger partial charge in [-0.2, -0.15) is 0 Å². The molecule has 4 nitrogen and oxygen atoms in total. The summed E-state index contributed by atoms with van der Waals surface area (Å²) < 4.78 is 4.56. The number of fused-ring (bicyclic) bond motifs is 10. The molecule has 0 atom stereocenters. The highest BCUT2D eigenvalue weighted by molar-refractivity contribution is 6.22. The fourth-order valence-corrected chi connectivity index (χ4v) is 8.00. The molecule has 0 radical (unpaired) electrons. The van der Waals surface area contributed by atoms with E-state index in [9.17, 15) is 0 Å². The van der Waals surface area contributed by atoms with E-state index in [1.54, 1.807) is 0 Å². The molecule has 11 aromatic rings. The number of nitrogens with zero attached hydrogens (tertiary/aromatic N) is 4. The maximum atomic E-state index is 5.38. The van der Waals surface area contributed by atoms with Crippen LogP contribution in [0.25, 0.3) is 99.5 Å². The summed E-state index contributed by atoms with van der Waals surface area (Å²) in [5.74, 6) is 0.827. The molecule has 0 spiro atoms. The number of benzene rings is 8. The summed E-state index contributed by atoms with van der Waals surface area (Å²) in [6.07, 6.45) is 0. The third-order valence-electron chi connectivity index (χ3n) is 10.5. The quantitative estimate of drug-likeness (QED) is 0.188. The summed E-state index contributed by atoms with van der Waals surface area (Å²) >= 11 is 0. The van der Waals surface area contributed by atoms with E-state index in [0.29, 0.717) is 0 Å². The molecule has 3 heterocycles. The predicted octanol–water partition coefficient (Wildman–Crippen LogP) is 12.3. The van der Waals surface area contributed by atoms with Gasteiger partial charge in [-0.3, -0.25) is 8.97 Å². The average molecular weight is 663 g/mol. The van der Waals surface area contributed by atoms with E-state index in [1.807, 2.05) is 6.07 Å². The van der Waals surface area contributed by atoms with E-state index in [4.69, 9.17) is 9.97 Å². The van der Waals surface area contributed by atoms with Crippen LogP contribution in [0.15, 0.2) is 182 Å². The van der Waals surface area contributed by atoms with Crippen molar-refractivity contribution in [2.75, 3.05) is 0 Å². The van der Waals surface area contributed by atoms with Gasteiger partial charge in [-0.05, 0) is 86.6 Å². The Morgan fingerprint density at radius 3 is 1.65 bits per heavy atom. The van der Waals surface area contributed by atoms with Crippen LogP contribution >= 0.6 is 0 Å². The van der Waals surface area contributed by atoms with Gasteiger partial charge < -0.3 is 0 Å². The molecule has 0 aliphatic heterocycles. The standard InChI is InChI=1S/C48H30N4/c1-2-10-31(11-3-1)32-18-20-33(21-19-32)34-22-24-35(25-23-34)37-27-28-43-40(30-37)46-38-13-5-4-12-36(38)26-29-45(46)51(43)48-50-41-15-7-6-14-39(41)47-49-42-16-8-9-17-44(42)52(47)48/h1-30H. The van der Waals surface area contributed by atoms with Crippen molar-refractivity contribution in [2.24, 2.45) is 0 Å². The lowest BCUT2D eigenvalue weighted by Crippen LogP contribution is -2.06. The molecule has 3 aromatic heterocycles. The minimum Gasteiger partial charge on any atom is -0.279 e. The molecular formula is C48H30N4. The Balaban J connectivity index is 1.11. The Bertz CT molecular complexity index is 3150. The topological polar surface area (TPSA) is 35.1 Å². The van der Waals surface area contributed by atoms with Crippen LogP contribution < -0.4 is 0 Å². The molecule has 0 unspecified atom stereocenters. The molecule has 0 N–H and O–H groups in total. The third-order valence-corrected chi connectivity index (χ3v) is 10.5. The van der Waals surface area contributed by atoms with Gasteiger partial charge in [0.2, 0.25) is 5.95 Å². The average Bonchev–Trinajstić information content (AvgIpc) is 3.78. The van der Waals surface area contributed by atoms with Crippen molar-refractivity contribution in [1.82, 2.24) is 18.9 Å². The Kier molecular flexibility index (Phi) is 6.22. The summed E-state index contributed by atoms with van der Waals surface area (Å²) in [6.45, 7) is 0. The van der Waals surface area contributed by atoms with Crippen LogP contribution in [0.3, 0.4) is 0 Å². The van der Waals surface area contributed by atoms with Crippen molar-refractivity contribution >= 4 is 60.2 Å². The highest BCUT2D eigenvalue weighted by atomic mass is 15.2. The SMILES string of the molecule is c1ccc(-c2ccc(-c3ccc(-c4ccc5c(c4)c4c6ccccc6ccc4n5-c4nc5ccccc5c5nc6ccccc6n45)cc3)cc2)cc1. The fraction of sp³-hybridized carbons (Fsp3) is 0. The molecular weight excluding hydrogens is 633 g/mol. The number of aromatic nitrogens is 4. The van der Waals surface area contributed by atoms with Gasteiger partial charge in [0.15, 0.2) is 0 Å². The number of hydrogen-bond donors (Lipinski definition) is 0. The van der Waals surface area contributed by atoms with Crippen LogP contribution in [0.1, 0.15) is 0 Å². The molecule has 0 bridgehead atoms. The summed E-state index contributed by atoms with van der Waals surface area (Å²) in [5, 5.41) is 5.89. The Hall–Kier alpha value is -7.04. The van der Waals surface area contributed by atoms with Gasteiger partial charge in [0, 0.05) is 16.2 Å². The van der Waals surface area contributed by atoms with Gasteiger partial charge in [-0.1, -0.05) is 140 Å². The Morgan fingerprint density at radius 2 is 0.904 bits per heavy atom. The first-order chi connectivity index (χ1) is 25.8. The van der Waals surface area contributed by atoms with E-state index < -0.39 is 0 Å². The molecule has 0 aliphatic rings. The van der Waals surface area contributed by atoms with Gasteiger partial charge in [0.25, 0.3) is 0 Å². The van der Waals surface area contributed by atoms with Gasteiger partial charge >= 0.3 is 0 Å². The van der Waals surface area contributed by atoms with Crippen LogP contribution in [-0.4, -0.2) is 18.9 Å². The lowest BCUT2D eigenvalue weighted by molar-refractivity contribution is 0.980. The molecule has 0 aliphatic carbocycles. The van der Waals surface area contributed by atoms with Crippen molar-refractivity contribution in [2.45, 2.75) is 0 Å². The number of hydrogen-bond acceptors (Lipinski definition) is 2. The molecule has 0 saturated carbocycles. The summed E-state index contributed by atoms with van der Waals surface area (Å²) in [6, 6.07) is 65.0. The largest absolute Gasteiger partial charge is 0.279 e. The lowest BCUT2D eigenvalue weighted by atomic mass is 9.97. The van der Waals surface area contributed by atoms with Crippen LogP contribution in [0, 0.1) is 0 Å². The molecule has 52 heavy (non-hydrogen) atoms. The second kappa shape index (κ2) is 11.2. The Morgan fingerprint density at radius 1 is 0.346 bits per heavy atom. The first kappa shape index (κ1) is 28.8. The highest BCUT2D eigenvalue weighted by Crippen LogP contribution is 2.40. The number of imidazole rings is 1. The second-order valence-corrected chi connectivity index (χ2v) is 13.5. The number of rotatable bonds is 4. The van der Waals surface area contributed by atoms with E-state index >= 15 is 0 Å². The van der Waals surface area contributed by atoms with Crippen LogP contribution in [-0.2, 0) is 0 Å². The first-order valence-electron chi connectivity index (χ1n) is 17.7. The monoisotopic (exact) mass is 662 g/mol. The maximum absolute atomic E-state index is 5.38. The van der Waals surface area contributed by atoms with Crippen molar-refractivity contribution < 1.29 is 0 Å². The molecule has 0 fully saturated rings. The van der Waals surface area contributed by atoms with E-state index in [0.717, 1.165) is 44.6 Å². The highest BCUT2D eigenvalue weighted by Gasteiger charge is 2.21. The molecule has 0 amide bonds. The van der Waals surface area contributed by atoms with E-state index in [-0.39, 0.29) is 0 Å². The van der Waals surface area contributed by atoms with Crippen LogP contribution in [0.5, 0.6) is 0 Å². The fourth-order valence-electron chi connectivity index (χ4n) is 8.00. The molecule has 8 aromatic carbocycles. The maximum Gasteiger partial charge on any atom is 0.221 e. The van der Waals surface area contributed by atoms with Crippen molar-refractivity contribution in [3.8, 4) is 39.3 Å². The van der Waals surface area contributed by atoms with Crippen molar-refractivity contribution in [3.05, 3.63) is 182 Å².